The largest absolute Gasteiger partial charge is 0.481 e. The lowest BCUT2D eigenvalue weighted by Gasteiger charge is -2.18. The van der Waals surface area contributed by atoms with Crippen LogP contribution >= 0.6 is 7.60 Å². The summed E-state index contributed by atoms with van der Waals surface area (Å²) in [5.74, 6) is -2.32. The van der Waals surface area contributed by atoms with Gasteiger partial charge in [-0.25, -0.2) is 0 Å². The van der Waals surface area contributed by atoms with E-state index in [1.54, 1.807) is 0 Å². The van der Waals surface area contributed by atoms with Gasteiger partial charge in [0.25, 0.3) is 0 Å². The third-order valence-corrected chi connectivity index (χ3v) is 2.83. The number of carboxylic acids is 1. The molecule has 0 saturated heterocycles. The van der Waals surface area contributed by atoms with Gasteiger partial charge in [0.15, 0.2) is 0 Å². The Hall–Kier alpha value is -0.460. The van der Waals surface area contributed by atoms with Crippen LogP contribution in [0.4, 0.5) is 0 Å². The van der Waals surface area contributed by atoms with Crippen molar-refractivity contribution in [2.24, 2.45) is 5.92 Å². The minimum Gasteiger partial charge on any atom is -0.481 e. The summed E-state index contributed by atoms with van der Waals surface area (Å²) in [7, 11) is -4.34. The van der Waals surface area contributed by atoms with Gasteiger partial charge in [0.2, 0.25) is 0 Å². The summed E-state index contributed by atoms with van der Waals surface area (Å²) in [6, 6.07) is 0. The van der Waals surface area contributed by atoms with Crippen LogP contribution in [0.3, 0.4) is 0 Å². The second kappa shape index (κ2) is 5.58. The zero-order chi connectivity index (χ0) is 12.2. The highest BCUT2D eigenvalue weighted by Crippen LogP contribution is 2.35. The average molecular weight is 242 g/mol. The van der Waals surface area contributed by atoms with E-state index in [1.807, 2.05) is 0 Å². The topological polar surface area (TPSA) is 135 Å². The molecule has 8 heteroatoms. The Balaban J connectivity index is 4.12. The number of aliphatic carboxylic acids is 1. The van der Waals surface area contributed by atoms with Crippen molar-refractivity contribution in [3.05, 3.63) is 0 Å². The van der Waals surface area contributed by atoms with Crippen LogP contribution in [0.5, 0.6) is 0 Å². The number of hydrogen-bond donors (Lipinski definition) is 5. The van der Waals surface area contributed by atoms with Crippen LogP contribution in [0.1, 0.15) is 13.3 Å². The molecule has 15 heavy (non-hydrogen) atoms. The number of aliphatic hydroxyl groups is 2. The van der Waals surface area contributed by atoms with Gasteiger partial charge in [0.05, 0.1) is 24.3 Å². The van der Waals surface area contributed by atoms with E-state index in [4.69, 9.17) is 20.0 Å². The zero-order valence-corrected chi connectivity index (χ0v) is 9.04. The minimum absolute atomic E-state index is 0.376. The predicted octanol–water partition coefficient (Wildman–Crippen LogP) is -1.00. The van der Waals surface area contributed by atoms with Crippen molar-refractivity contribution in [1.82, 2.24) is 0 Å². The Bertz CT molecular complexity index is 260. The molecule has 3 atom stereocenters. The number of hydrogen-bond acceptors (Lipinski definition) is 4. The first-order chi connectivity index (χ1) is 6.63. The van der Waals surface area contributed by atoms with E-state index in [-0.39, 0.29) is 6.42 Å². The second-order valence-corrected chi connectivity index (χ2v) is 5.13. The summed E-state index contributed by atoms with van der Waals surface area (Å²) in [6.45, 7) is 1.25. The van der Waals surface area contributed by atoms with Gasteiger partial charge in [-0.3, -0.25) is 9.36 Å². The minimum atomic E-state index is -4.34. The highest BCUT2D eigenvalue weighted by Gasteiger charge is 2.27. The molecular formula is C7H15O7P. The molecule has 0 amide bonds. The van der Waals surface area contributed by atoms with Crippen molar-refractivity contribution in [2.75, 3.05) is 6.16 Å². The maximum Gasteiger partial charge on any atom is 0.328 e. The van der Waals surface area contributed by atoms with Crippen LogP contribution < -0.4 is 0 Å². The molecule has 7 nitrogen and oxygen atoms in total. The van der Waals surface area contributed by atoms with Gasteiger partial charge in [-0.05, 0) is 6.92 Å². The summed E-state index contributed by atoms with van der Waals surface area (Å²) in [5, 5.41) is 26.9. The van der Waals surface area contributed by atoms with E-state index in [0.29, 0.717) is 0 Å². The van der Waals surface area contributed by atoms with Gasteiger partial charge >= 0.3 is 13.6 Å². The third-order valence-electron chi connectivity index (χ3n) is 1.93. The fourth-order valence-electron chi connectivity index (χ4n) is 0.997. The summed E-state index contributed by atoms with van der Waals surface area (Å²) in [6.07, 6.45) is -3.90. The van der Waals surface area contributed by atoms with Crippen molar-refractivity contribution in [2.45, 2.75) is 25.6 Å². The van der Waals surface area contributed by atoms with Crippen LogP contribution in [0.15, 0.2) is 0 Å². The highest BCUT2D eigenvalue weighted by molar-refractivity contribution is 7.51. The normalized spacial score (nSPS) is 18.2. The summed E-state index contributed by atoms with van der Waals surface area (Å²) >= 11 is 0. The van der Waals surface area contributed by atoms with Gasteiger partial charge in [0, 0.05) is 6.42 Å². The van der Waals surface area contributed by atoms with E-state index in [2.05, 4.69) is 0 Å². The molecule has 0 bridgehead atoms. The van der Waals surface area contributed by atoms with Crippen LogP contribution in [-0.4, -0.2) is 49.4 Å². The van der Waals surface area contributed by atoms with Crippen LogP contribution in [-0.2, 0) is 9.36 Å². The van der Waals surface area contributed by atoms with Crippen molar-refractivity contribution in [1.29, 1.82) is 0 Å². The van der Waals surface area contributed by atoms with Gasteiger partial charge in [-0.15, -0.1) is 0 Å². The molecule has 0 aliphatic heterocycles. The first kappa shape index (κ1) is 14.5. The van der Waals surface area contributed by atoms with E-state index in [0.717, 1.165) is 0 Å². The standard InChI is InChI=1S/C7H15O7P/c1-4(7(10)11)6(9)2-5(8)3-15(12,13)14/h4-6,8-9H,2-3H2,1H3,(H,10,11)(H2,12,13,14)/t4-,5+,6+/m1/s1. The maximum absolute atomic E-state index is 10.5. The van der Waals surface area contributed by atoms with E-state index in [9.17, 15) is 14.5 Å². The maximum atomic E-state index is 10.5. The number of aliphatic hydroxyl groups excluding tert-OH is 2. The first-order valence-electron chi connectivity index (χ1n) is 4.27. The summed E-state index contributed by atoms with van der Waals surface area (Å²) in [5.41, 5.74) is 0. The molecular weight excluding hydrogens is 227 g/mol. The van der Waals surface area contributed by atoms with Crippen LogP contribution in [0.2, 0.25) is 0 Å². The highest BCUT2D eigenvalue weighted by atomic mass is 31.2. The number of carbonyl (C=O) groups is 1. The van der Waals surface area contributed by atoms with Crippen molar-refractivity contribution < 1.29 is 34.5 Å². The smallest absolute Gasteiger partial charge is 0.328 e. The van der Waals surface area contributed by atoms with Crippen LogP contribution in [0.25, 0.3) is 0 Å². The number of carboxylic acid groups (broad SMARTS) is 1. The SMILES string of the molecule is C[C@@H](C(=O)O)[C@@H](O)C[C@H](O)CP(=O)(O)O. The monoisotopic (exact) mass is 242 g/mol. The summed E-state index contributed by atoms with van der Waals surface area (Å²) < 4.78 is 10.5. The Morgan fingerprint density at radius 2 is 1.80 bits per heavy atom. The van der Waals surface area contributed by atoms with Gasteiger partial charge < -0.3 is 25.1 Å². The zero-order valence-electron chi connectivity index (χ0n) is 8.15. The molecule has 0 radical (unpaired) electrons. The first-order valence-corrected chi connectivity index (χ1v) is 6.06. The number of rotatable bonds is 6. The van der Waals surface area contributed by atoms with E-state index >= 15 is 0 Å². The second-order valence-electron chi connectivity index (χ2n) is 3.43. The molecule has 0 rings (SSSR count). The van der Waals surface area contributed by atoms with Crippen molar-refractivity contribution >= 4 is 13.6 Å². The lowest BCUT2D eigenvalue weighted by Crippen LogP contribution is -2.30. The fourth-order valence-corrected chi connectivity index (χ4v) is 1.69. The Kier molecular flexibility index (Phi) is 5.41. The molecule has 90 valence electrons. The molecule has 0 aromatic rings. The molecule has 0 saturated carbocycles. The molecule has 5 N–H and O–H groups in total. The van der Waals surface area contributed by atoms with Gasteiger partial charge in [-0.2, -0.15) is 0 Å². The molecule has 0 aliphatic rings. The lowest BCUT2D eigenvalue weighted by molar-refractivity contribution is -0.145. The molecule has 0 aromatic carbocycles. The fraction of sp³-hybridized carbons (Fsp3) is 0.857. The molecule has 0 aliphatic carbocycles. The molecule has 0 spiro atoms. The van der Waals surface area contributed by atoms with Gasteiger partial charge in [0.1, 0.15) is 0 Å². The quantitative estimate of drug-likeness (QED) is 0.377. The molecule has 0 aromatic heterocycles. The Morgan fingerprint density at radius 1 is 1.33 bits per heavy atom. The Morgan fingerprint density at radius 3 is 2.13 bits per heavy atom. The predicted molar refractivity (Wildman–Crippen MR) is 50.3 cm³/mol. The summed E-state index contributed by atoms with van der Waals surface area (Å²) in [4.78, 5) is 27.4. The molecule has 0 heterocycles. The van der Waals surface area contributed by atoms with E-state index < -0.39 is 37.9 Å². The Labute approximate surface area is 86.5 Å². The van der Waals surface area contributed by atoms with Gasteiger partial charge in [-0.1, -0.05) is 0 Å². The van der Waals surface area contributed by atoms with Crippen molar-refractivity contribution in [3.63, 3.8) is 0 Å². The third kappa shape index (κ3) is 6.59. The van der Waals surface area contributed by atoms with Crippen LogP contribution in [0, 0.1) is 5.92 Å². The molecule has 0 unspecified atom stereocenters. The van der Waals surface area contributed by atoms with Crippen molar-refractivity contribution in [3.8, 4) is 0 Å². The average Bonchev–Trinajstić information content (AvgIpc) is 1.98. The lowest BCUT2D eigenvalue weighted by atomic mass is 10.00. The van der Waals surface area contributed by atoms with E-state index in [1.165, 1.54) is 6.92 Å². The molecule has 0 fully saturated rings.